The maximum absolute atomic E-state index is 14.7. The third-order valence-corrected chi connectivity index (χ3v) is 6.36. The topological polar surface area (TPSA) is 71.0 Å². The van der Waals surface area contributed by atoms with Gasteiger partial charge in [-0.1, -0.05) is 32.0 Å². The summed E-state index contributed by atoms with van der Waals surface area (Å²) in [6, 6.07) is 8.25. The Labute approximate surface area is 191 Å². The van der Waals surface area contributed by atoms with Crippen molar-refractivity contribution in [3.8, 4) is 11.1 Å². The van der Waals surface area contributed by atoms with Crippen LogP contribution >= 0.6 is 18.5 Å². The number of carbonyl (C=O) groups excluding carboxylic acids is 1. The number of anilines is 2. The van der Waals surface area contributed by atoms with E-state index in [4.69, 9.17) is 0 Å². The fourth-order valence-corrected chi connectivity index (χ4v) is 4.39. The molecule has 1 fully saturated rings. The van der Waals surface area contributed by atoms with Crippen molar-refractivity contribution < 1.29 is 9.18 Å². The van der Waals surface area contributed by atoms with Crippen molar-refractivity contribution in [3.05, 3.63) is 66.1 Å². The average molecular weight is 469 g/mol. The number of pyridine rings is 1. The van der Waals surface area contributed by atoms with Crippen LogP contribution in [0.3, 0.4) is 0 Å². The summed E-state index contributed by atoms with van der Waals surface area (Å²) in [5.74, 6) is 0.724. The van der Waals surface area contributed by atoms with Gasteiger partial charge >= 0.3 is 0 Å². The van der Waals surface area contributed by atoms with Gasteiger partial charge in [-0.2, -0.15) is 0 Å². The highest BCUT2D eigenvalue weighted by atomic mass is 31.1. The quantitative estimate of drug-likeness (QED) is 0.548. The molecule has 1 aromatic carbocycles. The van der Waals surface area contributed by atoms with Gasteiger partial charge in [-0.05, 0) is 18.6 Å². The van der Waals surface area contributed by atoms with Crippen LogP contribution in [-0.2, 0) is 0 Å². The summed E-state index contributed by atoms with van der Waals surface area (Å²) in [5.41, 5.74) is 1.78. The molecular formula is C23H26FN5OP2. The van der Waals surface area contributed by atoms with Crippen LogP contribution in [0.4, 0.5) is 15.9 Å². The Balaban J connectivity index is 1.76. The van der Waals surface area contributed by atoms with Gasteiger partial charge in [-0.3, -0.25) is 4.79 Å². The summed E-state index contributed by atoms with van der Waals surface area (Å²) in [6.07, 6.45) is 5.62. The largest absolute Gasteiger partial charge is 0.354 e. The molecule has 0 radical (unpaired) electrons. The Bertz CT molecular complexity index is 1140. The number of hydrogen-bond donors (Lipinski definition) is 1. The van der Waals surface area contributed by atoms with Crippen LogP contribution in [0.1, 0.15) is 42.4 Å². The highest BCUT2D eigenvalue weighted by Gasteiger charge is 2.32. The Kier molecular flexibility index (Phi) is 6.50. The van der Waals surface area contributed by atoms with Gasteiger partial charge in [0.15, 0.2) is 5.82 Å². The monoisotopic (exact) mass is 469 g/mol. The van der Waals surface area contributed by atoms with Crippen LogP contribution in [-0.4, -0.2) is 38.8 Å². The lowest BCUT2D eigenvalue weighted by Gasteiger charge is -2.24. The van der Waals surface area contributed by atoms with Crippen LogP contribution in [0.15, 0.2) is 48.9 Å². The molecule has 2 unspecified atom stereocenters. The van der Waals surface area contributed by atoms with E-state index in [1.165, 1.54) is 18.5 Å². The lowest BCUT2D eigenvalue weighted by Crippen LogP contribution is -2.26. The molecule has 1 saturated heterocycles. The minimum absolute atomic E-state index is 0.0303. The van der Waals surface area contributed by atoms with E-state index < -0.39 is 0 Å². The molecule has 166 valence electrons. The van der Waals surface area contributed by atoms with Gasteiger partial charge in [0, 0.05) is 53.6 Å². The van der Waals surface area contributed by atoms with Gasteiger partial charge in [0.2, 0.25) is 0 Å². The van der Waals surface area contributed by atoms with Crippen molar-refractivity contribution in [2.45, 2.75) is 31.1 Å². The Morgan fingerprint density at radius 3 is 2.47 bits per heavy atom. The van der Waals surface area contributed by atoms with Gasteiger partial charge in [-0.25, -0.2) is 19.3 Å². The van der Waals surface area contributed by atoms with E-state index in [1.54, 1.807) is 30.5 Å². The summed E-state index contributed by atoms with van der Waals surface area (Å²) < 4.78 is 14.7. The van der Waals surface area contributed by atoms with E-state index in [2.05, 4.69) is 43.6 Å². The van der Waals surface area contributed by atoms with Crippen LogP contribution < -0.4 is 10.2 Å². The summed E-state index contributed by atoms with van der Waals surface area (Å²) >= 11 is 0. The van der Waals surface area contributed by atoms with Crippen LogP contribution in [0.25, 0.3) is 11.1 Å². The third-order valence-electron chi connectivity index (χ3n) is 5.42. The minimum Gasteiger partial charge on any atom is -0.354 e. The second-order valence-electron chi connectivity index (χ2n) is 8.38. The zero-order valence-electron chi connectivity index (χ0n) is 18.0. The molecule has 3 heterocycles. The molecule has 2 aromatic heterocycles. The van der Waals surface area contributed by atoms with E-state index in [9.17, 15) is 9.18 Å². The van der Waals surface area contributed by atoms with Crippen molar-refractivity contribution in [3.63, 3.8) is 0 Å². The summed E-state index contributed by atoms with van der Waals surface area (Å²) in [5, 5.41) is 2.97. The summed E-state index contributed by atoms with van der Waals surface area (Å²) in [7, 11) is 5.71. The van der Waals surface area contributed by atoms with Crippen LogP contribution in [0.2, 0.25) is 0 Å². The van der Waals surface area contributed by atoms with Crippen molar-refractivity contribution in [2.75, 3.05) is 23.3 Å². The molecular weight excluding hydrogens is 443 g/mol. The molecule has 6 nitrogen and oxygen atoms in total. The molecule has 4 rings (SSSR count). The highest BCUT2D eigenvalue weighted by Crippen LogP contribution is 2.42. The third kappa shape index (κ3) is 4.79. The maximum atomic E-state index is 14.7. The van der Waals surface area contributed by atoms with Crippen molar-refractivity contribution in [1.29, 1.82) is 0 Å². The molecule has 9 heteroatoms. The molecule has 0 bridgehead atoms. The zero-order valence-corrected chi connectivity index (χ0v) is 20.4. The predicted molar refractivity (Wildman–Crippen MR) is 133 cm³/mol. The highest BCUT2D eigenvalue weighted by molar-refractivity contribution is 7.40. The van der Waals surface area contributed by atoms with E-state index in [0.717, 1.165) is 19.5 Å². The standard InChI is InChI=1S/C23H26FN5OP2/c1-14(2)20-26-11-15(12-27-20)22(30)28-19-17(16-5-3-4-6-18(16)24)7-9-25-21(19)29-10-8-23(31,32)13-29/h3-7,9,11-12,14H,8,10,13,31-32H2,1-2H3,(H,28,30). The molecule has 2 atom stereocenters. The van der Waals surface area contributed by atoms with Crippen molar-refractivity contribution in [2.24, 2.45) is 0 Å². The molecule has 3 aromatic rings. The molecule has 0 spiro atoms. The molecule has 0 aliphatic carbocycles. The van der Waals surface area contributed by atoms with Gasteiger partial charge in [0.25, 0.3) is 5.91 Å². The van der Waals surface area contributed by atoms with Gasteiger partial charge in [0.1, 0.15) is 11.6 Å². The first-order valence-corrected chi connectivity index (χ1v) is 11.6. The minimum atomic E-state index is -0.366. The van der Waals surface area contributed by atoms with E-state index >= 15 is 0 Å². The first-order valence-electron chi connectivity index (χ1n) is 10.4. The second-order valence-corrected chi connectivity index (χ2v) is 11.3. The number of amides is 1. The SMILES string of the molecule is CC(C)c1ncc(C(=O)Nc2c(-c3ccccc3F)ccnc2N2CCC(P)(P)C2)cn1. The molecule has 1 aliphatic heterocycles. The van der Waals surface area contributed by atoms with Gasteiger partial charge in [0.05, 0.1) is 11.3 Å². The smallest absolute Gasteiger partial charge is 0.258 e. The van der Waals surface area contributed by atoms with E-state index in [0.29, 0.717) is 34.0 Å². The Morgan fingerprint density at radius 1 is 1.12 bits per heavy atom. The number of hydrogen-bond acceptors (Lipinski definition) is 5. The number of benzene rings is 1. The van der Waals surface area contributed by atoms with Crippen molar-refractivity contribution >= 4 is 35.9 Å². The first kappa shape index (κ1) is 22.7. The Morgan fingerprint density at radius 2 is 1.84 bits per heavy atom. The molecule has 1 amide bonds. The number of carbonyl (C=O) groups is 1. The average Bonchev–Trinajstić information content (AvgIpc) is 3.14. The van der Waals surface area contributed by atoms with E-state index in [1.807, 2.05) is 13.8 Å². The molecule has 1 aliphatic rings. The number of nitrogens with zero attached hydrogens (tertiary/aromatic N) is 4. The number of rotatable bonds is 5. The molecule has 0 saturated carbocycles. The van der Waals surface area contributed by atoms with Gasteiger partial charge in [-0.15, -0.1) is 18.5 Å². The molecule has 32 heavy (non-hydrogen) atoms. The van der Waals surface area contributed by atoms with E-state index in [-0.39, 0.29) is 22.5 Å². The van der Waals surface area contributed by atoms with Crippen LogP contribution in [0.5, 0.6) is 0 Å². The van der Waals surface area contributed by atoms with Crippen LogP contribution in [0, 0.1) is 5.82 Å². The second kappa shape index (κ2) is 9.17. The first-order chi connectivity index (χ1) is 15.2. The number of nitrogens with one attached hydrogen (secondary N) is 1. The Hall–Kier alpha value is -2.49. The van der Waals surface area contributed by atoms with Crippen molar-refractivity contribution in [1.82, 2.24) is 15.0 Å². The fraction of sp³-hybridized carbons (Fsp3) is 0.304. The lowest BCUT2D eigenvalue weighted by atomic mass is 10.0. The van der Waals surface area contributed by atoms with Gasteiger partial charge < -0.3 is 10.2 Å². The predicted octanol–water partition coefficient (Wildman–Crippen LogP) is 4.71. The molecule has 1 N–H and O–H groups in total. The summed E-state index contributed by atoms with van der Waals surface area (Å²) in [4.78, 5) is 28.3. The summed E-state index contributed by atoms with van der Waals surface area (Å²) in [6.45, 7) is 5.48. The zero-order chi connectivity index (χ0) is 22.9. The maximum Gasteiger partial charge on any atom is 0.258 e. The fourth-order valence-electron chi connectivity index (χ4n) is 3.69. The number of halogens is 1. The number of aromatic nitrogens is 3. The lowest BCUT2D eigenvalue weighted by molar-refractivity contribution is 0.102. The normalized spacial score (nSPS) is 15.2.